The molecular weight excluding hydrogens is 314 g/mol. The molecule has 0 aliphatic heterocycles. The lowest BCUT2D eigenvalue weighted by Gasteiger charge is -2.41. The fourth-order valence-electron chi connectivity index (χ4n) is 5.34. The van der Waals surface area contributed by atoms with Crippen molar-refractivity contribution in [1.82, 2.24) is 0 Å². The third-order valence-corrected chi connectivity index (χ3v) is 6.90. The summed E-state index contributed by atoms with van der Waals surface area (Å²) < 4.78 is 0. The van der Waals surface area contributed by atoms with Crippen molar-refractivity contribution in [3.63, 3.8) is 0 Å². The molecule has 0 bridgehead atoms. The highest BCUT2D eigenvalue weighted by Crippen LogP contribution is 2.42. The molecule has 2 aliphatic rings. The molecule has 0 saturated heterocycles. The average molecular weight is 348 g/mol. The van der Waals surface area contributed by atoms with Gasteiger partial charge in [-0.05, 0) is 80.5 Å². The molecule has 0 heterocycles. The predicted molar refractivity (Wildman–Crippen MR) is 112 cm³/mol. The summed E-state index contributed by atoms with van der Waals surface area (Å²) in [5, 5.41) is 0. The van der Waals surface area contributed by atoms with Crippen LogP contribution in [-0.4, -0.2) is 6.04 Å². The van der Waals surface area contributed by atoms with Crippen molar-refractivity contribution in [2.45, 2.75) is 64.3 Å². The Kier molecular flexibility index (Phi) is 5.62. The van der Waals surface area contributed by atoms with E-state index >= 15 is 0 Å². The molecule has 138 valence electrons. The number of para-hydroxylation sites is 2. The van der Waals surface area contributed by atoms with Crippen molar-refractivity contribution in [3.8, 4) is 0 Å². The van der Waals surface area contributed by atoms with E-state index in [0.29, 0.717) is 6.04 Å². The van der Waals surface area contributed by atoms with Crippen LogP contribution in [0.5, 0.6) is 0 Å². The fourth-order valence-corrected chi connectivity index (χ4v) is 5.34. The third kappa shape index (κ3) is 3.98. The average Bonchev–Trinajstić information content (AvgIpc) is 2.71. The Balaban J connectivity index is 1.46. The summed E-state index contributed by atoms with van der Waals surface area (Å²) in [6.07, 6.45) is 11.4. The molecule has 0 amide bonds. The molecule has 26 heavy (non-hydrogen) atoms. The topological polar surface area (TPSA) is 3.24 Å². The fraction of sp³-hybridized carbons (Fsp3) is 0.520. The Morgan fingerprint density at radius 1 is 0.577 bits per heavy atom. The van der Waals surface area contributed by atoms with Crippen LogP contribution in [-0.2, 0) is 0 Å². The largest absolute Gasteiger partial charge is 0.338 e. The molecule has 0 unspecified atom stereocenters. The lowest BCUT2D eigenvalue weighted by molar-refractivity contribution is 0.165. The van der Waals surface area contributed by atoms with Crippen LogP contribution >= 0.6 is 0 Å². The van der Waals surface area contributed by atoms with Gasteiger partial charge < -0.3 is 4.90 Å². The van der Waals surface area contributed by atoms with Gasteiger partial charge in [0, 0.05) is 17.4 Å². The Hall–Kier alpha value is -1.76. The van der Waals surface area contributed by atoms with Crippen LogP contribution in [0.4, 0.5) is 11.4 Å². The summed E-state index contributed by atoms with van der Waals surface area (Å²) in [4.78, 5) is 2.60. The van der Waals surface area contributed by atoms with Crippen LogP contribution in [0.2, 0.25) is 0 Å². The maximum atomic E-state index is 2.60. The molecule has 0 aromatic heterocycles. The zero-order valence-corrected chi connectivity index (χ0v) is 16.2. The van der Waals surface area contributed by atoms with Crippen molar-refractivity contribution in [2.24, 2.45) is 17.8 Å². The zero-order chi connectivity index (χ0) is 17.8. The van der Waals surface area contributed by atoms with Crippen LogP contribution in [0.15, 0.2) is 60.7 Å². The van der Waals surface area contributed by atoms with E-state index in [4.69, 9.17) is 0 Å². The van der Waals surface area contributed by atoms with Crippen molar-refractivity contribution >= 4 is 11.4 Å². The van der Waals surface area contributed by atoms with Gasteiger partial charge in [0.05, 0.1) is 0 Å². The molecule has 2 aliphatic carbocycles. The van der Waals surface area contributed by atoms with Gasteiger partial charge in [0.15, 0.2) is 0 Å². The lowest BCUT2D eigenvalue weighted by Crippen LogP contribution is -2.36. The molecule has 0 N–H and O–H groups in total. The Morgan fingerprint density at radius 2 is 1.00 bits per heavy atom. The molecule has 0 atom stereocenters. The first-order valence-corrected chi connectivity index (χ1v) is 10.7. The Morgan fingerprint density at radius 3 is 1.46 bits per heavy atom. The first-order chi connectivity index (χ1) is 12.8. The molecule has 0 radical (unpaired) electrons. The molecule has 1 heteroatoms. The normalized spacial score (nSPS) is 29.3. The predicted octanol–water partition coefficient (Wildman–Crippen LogP) is 7.21. The molecule has 2 aromatic carbocycles. The first kappa shape index (κ1) is 17.6. The van der Waals surface area contributed by atoms with Crippen molar-refractivity contribution in [3.05, 3.63) is 60.7 Å². The van der Waals surface area contributed by atoms with Gasteiger partial charge in [-0.3, -0.25) is 0 Å². The second kappa shape index (κ2) is 8.29. The van der Waals surface area contributed by atoms with Crippen molar-refractivity contribution in [1.29, 1.82) is 0 Å². The van der Waals surface area contributed by atoms with Crippen molar-refractivity contribution < 1.29 is 0 Å². The summed E-state index contributed by atoms with van der Waals surface area (Å²) in [5.41, 5.74) is 2.68. The summed E-state index contributed by atoms with van der Waals surface area (Å²) in [7, 11) is 0. The van der Waals surface area contributed by atoms with E-state index < -0.39 is 0 Å². The summed E-state index contributed by atoms with van der Waals surface area (Å²) in [5.74, 6) is 2.95. The number of rotatable bonds is 4. The molecule has 2 fully saturated rings. The smallest absolute Gasteiger partial charge is 0.0413 e. The minimum Gasteiger partial charge on any atom is -0.338 e. The first-order valence-electron chi connectivity index (χ1n) is 10.7. The molecule has 2 aromatic rings. The van der Waals surface area contributed by atoms with E-state index in [2.05, 4.69) is 72.5 Å². The van der Waals surface area contributed by atoms with E-state index in [-0.39, 0.29) is 0 Å². The molecule has 4 rings (SSSR count). The zero-order valence-electron chi connectivity index (χ0n) is 16.2. The number of benzene rings is 2. The van der Waals surface area contributed by atoms with Gasteiger partial charge >= 0.3 is 0 Å². The van der Waals surface area contributed by atoms with E-state index in [1.807, 2.05) is 0 Å². The molecule has 1 nitrogen and oxygen atoms in total. The maximum absolute atomic E-state index is 2.60. The van der Waals surface area contributed by atoms with Gasteiger partial charge in [0.2, 0.25) is 0 Å². The van der Waals surface area contributed by atoms with Crippen LogP contribution in [0, 0.1) is 17.8 Å². The monoisotopic (exact) mass is 347 g/mol. The Bertz CT molecular complexity index is 610. The van der Waals surface area contributed by atoms with Crippen LogP contribution in [0.3, 0.4) is 0 Å². The highest BCUT2D eigenvalue weighted by molar-refractivity contribution is 5.64. The van der Waals surface area contributed by atoms with E-state index in [1.165, 1.54) is 62.7 Å². The van der Waals surface area contributed by atoms with Crippen molar-refractivity contribution in [2.75, 3.05) is 4.90 Å². The molecule has 2 saturated carbocycles. The quantitative estimate of drug-likeness (QED) is 0.565. The minimum absolute atomic E-state index is 0.638. The van der Waals surface area contributed by atoms with Crippen LogP contribution in [0.1, 0.15) is 58.3 Å². The SMILES string of the molecule is CC1CCC(C2CCC(N(c3ccccc3)c3ccccc3)CC2)CC1. The van der Waals surface area contributed by atoms with Gasteiger partial charge in [-0.15, -0.1) is 0 Å². The van der Waals surface area contributed by atoms with E-state index in [0.717, 1.165) is 17.8 Å². The second-order valence-electron chi connectivity index (χ2n) is 8.63. The van der Waals surface area contributed by atoms with E-state index in [1.54, 1.807) is 0 Å². The number of hydrogen-bond acceptors (Lipinski definition) is 1. The minimum atomic E-state index is 0.638. The van der Waals surface area contributed by atoms with Gasteiger partial charge in [0.1, 0.15) is 0 Å². The lowest BCUT2D eigenvalue weighted by atomic mass is 9.70. The highest BCUT2D eigenvalue weighted by Gasteiger charge is 2.32. The van der Waals surface area contributed by atoms with Gasteiger partial charge in [0.25, 0.3) is 0 Å². The van der Waals surface area contributed by atoms with Gasteiger partial charge in [-0.1, -0.05) is 56.2 Å². The van der Waals surface area contributed by atoms with Crippen LogP contribution in [0.25, 0.3) is 0 Å². The number of anilines is 2. The van der Waals surface area contributed by atoms with Gasteiger partial charge in [-0.2, -0.15) is 0 Å². The summed E-state index contributed by atoms with van der Waals surface area (Å²) in [6.45, 7) is 2.44. The summed E-state index contributed by atoms with van der Waals surface area (Å²) in [6, 6.07) is 22.6. The maximum Gasteiger partial charge on any atom is 0.0413 e. The Labute approximate surface area is 159 Å². The summed E-state index contributed by atoms with van der Waals surface area (Å²) >= 11 is 0. The van der Waals surface area contributed by atoms with Gasteiger partial charge in [-0.25, -0.2) is 0 Å². The molecular formula is C25H33N. The van der Waals surface area contributed by atoms with Crippen LogP contribution < -0.4 is 4.90 Å². The second-order valence-corrected chi connectivity index (χ2v) is 8.63. The highest BCUT2D eigenvalue weighted by atomic mass is 15.2. The number of nitrogens with zero attached hydrogens (tertiary/aromatic N) is 1. The standard InChI is InChI=1S/C25H33N/c1-20-12-14-21(15-13-20)22-16-18-25(19-17-22)26(23-8-4-2-5-9-23)24-10-6-3-7-11-24/h2-11,20-22,25H,12-19H2,1H3. The molecule has 0 spiro atoms. The van der Waals surface area contributed by atoms with E-state index in [9.17, 15) is 0 Å². The third-order valence-electron chi connectivity index (χ3n) is 6.90. The number of hydrogen-bond donors (Lipinski definition) is 0.